The number of epoxide rings is 1. The lowest BCUT2D eigenvalue weighted by atomic mass is 9.74. The number of hydrogen-bond donors (Lipinski definition) is 1. The van der Waals surface area contributed by atoms with Crippen molar-refractivity contribution < 1.29 is 18.7 Å². The number of carbonyl (C=O) groups excluding carboxylic acids is 1. The third-order valence-electron chi connectivity index (χ3n) is 7.34. The Morgan fingerprint density at radius 1 is 1.29 bits per heavy atom. The number of nitrogens with zero attached hydrogens (tertiary/aromatic N) is 1. The SMILES string of the molecule is CC(=O)COCC1=C(C)C=C2C3=C(CN2C2OC12)C1=C2C(=C(C)C(F)=CC2N3)CCC1. The second-order valence-electron chi connectivity index (χ2n) is 9.35. The number of allylic oxidation sites excluding steroid dienone is 4. The summed E-state index contributed by atoms with van der Waals surface area (Å²) in [5.41, 5.74) is 10.5. The molecule has 5 nitrogen and oxygen atoms in total. The molecule has 3 unspecified atom stereocenters. The monoisotopic (exact) mass is 422 g/mol. The first kappa shape index (κ1) is 19.3. The van der Waals surface area contributed by atoms with Crippen molar-refractivity contribution in [2.75, 3.05) is 19.8 Å². The first-order valence-corrected chi connectivity index (χ1v) is 11.2. The maximum atomic E-state index is 14.7. The summed E-state index contributed by atoms with van der Waals surface area (Å²) in [6.07, 6.45) is 7.02. The van der Waals surface area contributed by atoms with E-state index in [1.165, 1.54) is 29.2 Å². The average molecular weight is 423 g/mol. The molecule has 2 aliphatic carbocycles. The summed E-state index contributed by atoms with van der Waals surface area (Å²) in [5.74, 6) is -0.0777. The van der Waals surface area contributed by atoms with E-state index in [0.29, 0.717) is 6.61 Å². The molecule has 0 saturated carbocycles. The molecule has 4 aliphatic heterocycles. The van der Waals surface area contributed by atoms with Crippen LogP contribution in [0.5, 0.6) is 0 Å². The summed E-state index contributed by atoms with van der Waals surface area (Å²) in [5, 5.41) is 3.66. The topological polar surface area (TPSA) is 54.1 Å². The van der Waals surface area contributed by atoms with Crippen molar-refractivity contribution in [1.29, 1.82) is 0 Å². The second kappa shape index (κ2) is 6.78. The van der Waals surface area contributed by atoms with E-state index in [1.54, 1.807) is 6.08 Å². The van der Waals surface area contributed by atoms with Crippen LogP contribution in [0.1, 0.15) is 40.0 Å². The Kier molecular flexibility index (Phi) is 4.21. The van der Waals surface area contributed by atoms with Crippen LogP contribution in [0.2, 0.25) is 0 Å². The summed E-state index contributed by atoms with van der Waals surface area (Å²) in [4.78, 5) is 13.6. The van der Waals surface area contributed by atoms with Gasteiger partial charge < -0.3 is 19.7 Å². The van der Waals surface area contributed by atoms with Gasteiger partial charge in [0.2, 0.25) is 0 Å². The lowest BCUT2D eigenvalue weighted by Crippen LogP contribution is -2.38. The van der Waals surface area contributed by atoms with Crippen LogP contribution in [-0.4, -0.2) is 48.8 Å². The first-order valence-electron chi connectivity index (χ1n) is 11.2. The van der Waals surface area contributed by atoms with Crippen molar-refractivity contribution in [3.05, 3.63) is 68.4 Å². The van der Waals surface area contributed by atoms with Gasteiger partial charge >= 0.3 is 0 Å². The molecule has 0 spiro atoms. The molecule has 1 N–H and O–H groups in total. The van der Waals surface area contributed by atoms with Gasteiger partial charge in [-0.05, 0) is 85.6 Å². The number of dihydropyridines is 1. The van der Waals surface area contributed by atoms with Gasteiger partial charge in [0.25, 0.3) is 0 Å². The van der Waals surface area contributed by atoms with Crippen LogP contribution in [-0.2, 0) is 14.3 Å². The van der Waals surface area contributed by atoms with Gasteiger partial charge in [-0.25, -0.2) is 4.39 Å². The molecule has 0 bridgehead atoms. The van der Waals surface area contributed by atoms with Crippen LogP contribution in [0.15, 0.2) is 68.4 Å². The zero-order valence-corrected chi connectivity index (χ0v) is 18.2. The third kappa shape index (κ3) is 2.84. The van der Waals surface area contributed by atoms with E-state index in [4.69, 9.17) is 9.47 Å². The molecule has 0 amide bonds. The van der Waals surface area contributed by atoms with Gasteiger partial charge in [-0.2, -0.15) is 0 Å². The lowest BCUT2D eigenvalue weighted by molar-refractivity contribution is -0.121. The minimum atomic E-state index is -0.101. The van der Waals surface area contributed by atoms with E-state index in [2.05, 4.69) is 23.2 Å². The van der Waals surface area contributed by atoms with Gasteiger partial charge in [0, 0.05) is 12.1 Å². The van der Waals surface area contributed by atoms with Crippen molar-refractivity contribution in [2.24, 2.45) is 0 Å². The predicted octanol–water partition coefficient (Wildman–Crippen LogP) is 3.74. The lowest BCUT2D eigenvalue weighted by Gasteiger charge is -2.37. The van der Waals surface area contributed by atoms with Gasteiger partial charge in [-0.15, -0.1) is 0 Å². The Morgan fingerprint density at radius 3 is 2.90 bits per heavy atom. The minimum absolute atomic E-state index is 0.00314. The number of hydrogen-bond acceptors (Lipinski definition) is 5. The molecular formula is C25H27FN2O3. The van der Waals surface area contributed by atoms with E-state index in [0.717, 1.165) is 53.9 Å². The fourth-order valence-corrected chi connectivity index (χ4v) is 5.78. The number of nitrogens with one attached hydrogen (secondary N) is 1. The maximum absolute atomic E-state index is 14.7. The molecule has 6 aliphatic rings. The van der Waals surface area contributed by atoms with Crippen molar-refractivity contribution in [1.82, 2.24) is 10.2 Å². The molecular weight excluding hydrogens is 395 g/mol. The number of rotatable bonds is 4. The smallest absolute Gasteiger partial charge is 0.162 e. The van der Waals surface area contributed by atoms with E-state index in [1.807, 2.05) is 6.92 Å². The largest absolute Gasteiger partial charge is 0.373 e. The summed E-state index contributed by atoms with van der Waals surface area (Å²) >= 11 is 0. The molecule has 4 heterocycles. The number of ketones is 1. The van der Waals surface area contributed by atoms with Crippen LogP contribution in [0.3, 0.4) is 0 Å². The third-order valence-corrected chi connectivity index (χ3v) is 7.34. The maximum Gasteiger partial charge on any atom is 0.162 e. The molecule has 0 aromatic rings. The highest BCUT2D eigenvalue weighted by molar-refractivity contribution is 5.76. The first-order chi connectivity index (χ1) is 14.9. The molecule has 0 radical (unpaired) electrons. The predicted molar refractivity (Wildman–Crippen MR) is 114 cm³/mol. The molecule has 6 heteroatoms. The number of ether oxygens (including phenoxy) is 2. The quantitative estimate of drug-likeness (QED) is 0.700. The molecule has 1 saturated heterocycles. The Balaban J connectivity index is 1.40. The molecule has 6 rings (SSSR count). The summed E-state index contributed by atoms with van der Waals surface area (Å²) in [7, 11) is 0. The highest BCUT2D eigenvalue weighted by Crippen LogP contribution is 2.51. The van der Waals surface area contributed by atoms with Gasteiger partial charge in [0.05, 0.1) is 24.0 Å². The van der Waals surface area contributed by atoms with Gasteiger partial charge in [0.1, 0.15) is 18.5 Å². The number of fused-ring (bicyclic) bond motifs is 5. The van der Waals surface area contributed by atoms with E-state index >= 15 is 0 Å². The summed E-state index contributed by atoms with van der Waals surface area (Å²) < 4.78 is 26.4. The van der Waals surface area contributed by atoms with E-state index in [9.17, 15) is 9.18 Å². The average Bonchev–Trinajstić information content (AvgIpc) is 3.45. The summed E-state index contributed by atoms with van der Waals surface area (Å²) in [6.45, 7) is 6.87. The zero-order chi connectivity index (χ0) is 21.4. The van der Waals surface area contributed by atoms with Gasteiger partial charge in [-0.1, -0.05) is 0 Å². The van der Waals surface area contributed by atoms with Crippen molar-refractivity contribution in [3.8, 4) is 0 Å². The zero-order valence-electron chi connectivity index (χ0n) is 18.2. The number of carbonyl (C=O) groups is 1. The fraction of sp³-hybridized carbons (Fsp3) is 0.480. The van der Waals surface area contributed by atoms with Crippen LogP contribution < -0.4 is 5.32 Å². The fourth-order valence-electron chi connectivity index (χ4n) is 5.78. The Hall–Kier alpha value is -2.44. The van der Waals surface area contributed by atoms with Crippen LogP contribution in [0, 0.1) is 0 Å². The molecule has 162 valence electrons. The Labute approximate surface area is 181 Å². The minimum Gasteiger partial charge on any atom is -0.373 e. The van der Waals surface area contributed by atoms with Crippen molar-refractivity contribution in [3.63, 3.8) is 0 Å². The molecule has 3 atom stereocenters. The molecule has 0 aromatic carbocycles. The van der Waals surface area contributed by atoms with Gasteiger partial charge in [-0.3, -0.25) is 4.79 Å². The Morgan fingerprint density at radius 2 is 2.10 bits per heavy atom. The van der Waals surface area contributed by atoms with Crippen molar-refractivity contribution >= 4 is 5.78 Å². The number of halogens is 1. The number of Topliss-reactive ketones (excluding diaryl/α,β-unsaturated/α-hetero) is 1. The van der Waals surface area contributed by atoms with Crippen molar-refractivity contribution in [2.45, 2.75) is 58.4 Å². The standard InChI is InChI=1S/C25H27FN2O3/c1-12-7-21-23-17(9-28(21)25-24(31-25)18(12)11-30-10-13(2)29)16-6-4-5-15-14(3)19(26)8-20(27-23)22(15)16/h7-8,20,24-25,27H,4-6,9-11H2,1-3H3. The van der Waals surface area contributed by atoms with E-state index in [-0.39, 0.29) is 36.6 Å². The van der Waals surface area contributed by atoms with Gasteiger partial charge in [0.15, 0.2) is 12.0 Å². The molecule has 0 aromatic heterocycles. The highest BCUT2D eigenvalue weighted by Gasteiger charge is 2.52. The highest BCUT2D eigenvalue weighted by atomic mass is 19.1. The van der Waals surface area contributed by atoms with E-state index < -0.39 is 0 Å². The second-order valence-corrected chi connectivity index (χ2v) is 9.35. The molecule has 1 fully saturated rings. The molecule has 31 heavy (non-hydrogen) atoms. The van der Waals surface area contributed by atoms with Crippen LogP contribution >= 0.6 is 0 Å². The Bertz CT molecular complexity index is 1100. The van der Waals surface area contributed by atoms with Crippen LogP contribution in [0.25, 0.3) is 0 Å². The normalized spacial score (nSPS) is 30.8. The van der Waals surface area contributed by atoms with Crippen LogP contribution in [0.4, 0.5) is 4.39 Å². The summed E-state index contributed by atoms with van der Waals surface area (Å²) in [6, 6.07) is -0.101.